The molecule has 0 saturated carbocycles. The van der Waals surface area contributed by atoms with Gasteiger partial charge in [-0.25, -0.2) is 4.39 Å². The molecule has 0 amide bonds. The van der Waals surface area contributed by atoms with Gasteiger partial charge >= 0.3 is 0 Å². The van der Waals surface area contributed by atoms with E-state index in [1.165, 1.54) is 6.07 Å². The number of halogens is 1. The highest BCUT2D eigenvalue weighted by Crippen LogP contribution is 2.22. The molecule has 0 saturated heterocycles. The van der Waals surface area contributed by atoms with E-state index in [0.717, 1.165) is 12.0 Å². The van der Waals surface area contributed by atoms with Crippen molar-refractivity contribution in [1.29, 1.82) is 0 Å². The second kappa shape index (κ2) is 6.34. The van der Waals surface area contributed by atoms with Crippen molar-refractivity contribution in [3.8, 4) is 5.75 Å². The van der Waals surface area contributed by atoms with Crippen LogP contribution in [0.25, 0.3) is 0 Å². The number of hydrogen-bond acceptors (Lipinski definition) is 2. The second-order valence-electron chi connectivity index (χ2n) is 4.45. The molecule has 2 rings (SSSR count). The number of rotatable bonds is 5. The third kappa shape index (κ3) is 3.80. The maximum Gasteiger partial charge on any atom is 0.165 e. The van der Waals surface area contributed by atoms with Crippen LogP contribution in [0.3, 0.4) is 0 Å². The molecule has 0 radical (unpaired) electrons. The zero-order chi connectivity index (χ0) is 13.7. The van der Waals surface area contributed by atoms with Gasteiger partial charge in [-0.1, -0.05) is 36.4 Å². The van der Waals surface area contributed by atoms with Crippen LogP contribution in [0.4, 0.5) is 4.39 Å². The Hall–Kier alpha value is -1.87. The van der Waals surface area contributed by atoms with Crippen LogP contribution in [-0.2, 0) is 6.42 Å². The van der Waals surface area contributed by atoms with Gasteiger partial charge in [0.25, 0.3) is 0 Å². The van der Waals surface area contributed by atoms with E-state index < -0.39 is 11.9 Å². The van der Waals surface area contributed by atoms with Crippen LogP contribution in [0.15, 0.2) is 48.5 Å². The molecule has 1 atom stereocenters. The summed E-state index contributed by atoms with van der Waals surface area (Å²) < 4.78 is 19.1. The van der Waals surface area contributed by atoms with Gasteiger partial charge in [0, 0.05) is 6.42 Å². The Bertz CT molecular complexity index is 524. The maximum absolute atomic E-state index is 13.7. The van der Waals surface area contributed by atoms with E-state index in [2.05, 4.69) is 0 Å². The molecule has 3 heteroatoms. The minimum absolute atomic E-state index is 0.223. The van der Waals surface area contributed by atoms with Crippen molar-refractivity contribution in [3.05, 3.63) is 65.5 Å². The molecular formula is C16H17FO2. The number of benzene rings is 2. The fourth-order valence-corrected chi connectivity index (χ4v) is 1.82. The lowest BCUT2D eigenvalue weighted by Gasteiger charge is -2.10. The summed E-state index contributed by atoms with van der Waals surface area (Å²) in [6.07, 6.45) is 0.0613. The summed E-state index contributed by atoms with van der Waals surface area (Å²) in [5.41, 5.74) is 1.71. The molecule has 0 fully saturated rings. The molecule has 0 unspecified atom stereocenters. The fraction of sp³-hybridized carbons (Fsp3) is 0.250. The normalized spacial score (nSPS) is 12.2. The smallest absolute Gasteiger partial charge is 0.165 e. The van der Waals surface area contributed by atoms with Crippen molar-refractivity contribution >= 4 is 0 Å². The van der Waals surface area contributed by atoms with Crippen LogP contribution in [-0.4, -0.2) is 11.7 Å². The van der Waals surface area contributed by atoms with Crippen molar-refractivity contribution in [2.45, 2.75) is 19.4 Å². The van der Waals surface area contributed by atoms with Gasteiger partial charge in [-0.2, -0.15) is 0 Å². The van der Waals surface area contributed by atoms with Gasteiger partial charge in [0.15, 0.2) is 11.6 Å². The Morgan fingerprint density at radius 1 is 1.16 bits per heavy atom. The van der Waals surface area contributed by atoms with E-state index in [9.17, 15) is 9.50 Å². The molecule has 0 aliphatic carbocycles. The predicted octanol–water partition coefficient (Wildman–Crippen LogP) is 3.50. The highest BCUT2D eigenvalue weighted by Gasteiger charge is 2.07. The summed E-state index contributed by atoms with van der Waals surface area (Å²) >= 11 is 0. The minimum atomic E-state index is -0.673. The van der Waals surface area contributed by atoms with Gasteiger partial charge in [0.2, 0.25) is 0 Å². The second-order valence-corrected chi connectivity index (χ2v) is 4.45. The summed E-state index contributed by atoms with van der Waals surface area (Å²) in [5, 5.41) is 9.36. The number of aliphatic hydroxyl groups excluding tert-OH is 1. The first-order valence-electron chi connectivity index (χ1n) is 6.31. The van der Waals surface area contributed by atoms with Crippen molar-refractivity contribution in [2.24, 2.45) is 0 Å². The zero-order valence-corrected chi connectivity index (χ0v) is 10.8. The molecule has 19 heavy (non-hydrogen) atoms. The van der Waals surface area contributed by atoms with Gasteiger partial charge in [-0.3, -0.25) is 0 Å². The highest BCUT2D eigenvalue weighted by molar-refractivity contribution is 5.30. The predicted molar refractivity (Wildman–Crippen MR) is 72.7 cm³/mol. The molecule has 1 N–H and O–H groups in total. The first-order chi connectivity index (χ1) is 9.16. The van der Waals surface area contributed by atoms with E-state index in [4.69, 9.17) is 4.74 Å². The molecule has 2 aromatic carbocycles. The van der Waals surface area contributed by atoms with Gasteiger partial charge in [0.05, 0.1) is 12.7 Å². The lowest BCUT2D eigenvalue weighted by atomic mass is 10.1. The van der Waals surface area contributed by atoms with E-state index in [1.807, 2.05) is 30.3 Å². The Kier molecular flexibility index (Phi) is 4.53. The largest absolute Gasteiger partial charge is 0.490 e. The van der Waals surface area contributed by atoms with E-state index in [1.54, 1.807) is 19.1 Å². The molecule has 0 aromatic heterocycles. The average molecular weight is 260 g/mol. The molecule has 0 spiro atoms. The first kappa shape index (κ1) is 13.6. The summed E-state index contributed by atoms with van der Waals surface area (Å²) in [6.45, 7) is 2.03. The van der Waals surface area contributed by atoms with Gasteiger partial charge in [0.1, 0.15) is 0 Å². The average Bonchev–Trinajstić information content (AvgIpc) is 2.41. The van der Waals surface area contributed by atoms with Crippen molar-refractivity contribution in [1.82, 2.24) is 0 Å². The quantitative estimate of drug-likeness (QED) is 0.891. The summed E-state index contributed by atoms with van der Waals surface area (Å²) in [5.74, 6) is -0.216. The van der Waals surface area contributed by atoms with Crippen LogP contribution in [0, 0.1) is 5.82 Å². The van der Waals surface area contributed by atoms with Crippen LogP contribution in [0.5, 0.6) is 5.75 Å². The van der Waals surface area contributed by atoms with Crippen LogP contribution in [0.1, 0.15) is 24.2 Å². The van der Waals surface area contributed by atoms with E-state index in [0.29, 0.717) is 12.2 Å². The van der Waals surface area contributed by atoms with Gasteiger partial charge < -0.3 is 9.84 Å². The molecule has 0 aliphatic rings. The molecule has 0 bridgehead atoms. The SMILES string of the molecule is C[C@H](O)c1ccc(OCCc2ccccc2)c(F)c1. The fourth-order valence-electron chi connectivity index (χ4n) is 1.82. The molecule has 2 nitrogen and oxygen atoms in total. The molecular weight excluding hydrogens is 243 g/mol. The van der Waals surface area contributed by atoms with Crippen molar-refractivity contribution < 1.29 is 14.2 Å². The summed E-state index contributed by atoms with van der Waals surface area (Å²) in [7, 11) is 0. The molecule has 0 aliphatic heterocycles. The summed E-state index contributed by atoms with van der Waals surface area (Å²) in [6, 6.07) is 14.4. The minimum Gasteiger partial charge on any atom is -0.490 e. The Morgan fingerprint density at radius 3 is 2.53 bits per heavy atom. The molecule has 2 aromatic rings. The van der Waals surface area contributed by atoms with Gasteiger partial charge in [-0.05, 0) is 30.2 Å². The first-order valence-corrected chi connectivity index (χ1v) is 6.31. The summed E-state index contributed by atoms with van der Waals surface area (Å²) in [4.78, 5) is 0. The number of aliphatic hydroxyl groups is 1. The molecule has 0 heterocycles. The Labute approximate surface area is 112 Å². The van der Waals surface area contributed by atoms with E-state index in [-0.39, 0.29) is 5.75 Å². The topological polar surface area (TPSA) is 29.5 Å². The van der Waals surface area contributed by atoms with Crippen molar-refractivity contribution in [2.75, 3.05) is 6.61 Å². The van der Waals surface area contributed by atoms with Crippen LogP contribution in [0.2, 0.25) is 0 Å². The maximum atomic E-state index is 13.7. The Balaban J connectivity index is 1.93. The number of ether oxygens (including phenoxy) is 1. The standard InChI is InChI=1S/C16H17FO2/c1-12(18)14-7-8-16(15(17)11-14)19-10-9-13-5-3-2-4-6-13/h2-8,11-12,18H,9-10H2,1H3/t12-/m0/s1. The Morgan fingerprint density at radius 2 is 1.89 bits per heavy atom. The van der Waals surface area contributed by atoms with Crippen LogP contribution < -0.4 is 4.74 Å². The number of hydrogen-bond donors (Lipinski definition) is 1. The van der Waals surface area contributed by atoms with Crippen LogP contribution >= 0.6 is 0 Å². The van der Waals surface area contributed by atoms with E-state index >= 15 is 0 Å². The monoisotopic (exact) mass is 260 g/mol. The highest BCUT2D eigenvalue weighted by atomic mass is 19.1. The third-order valence-electron chi connectivity index (χ3n) is 2.93. The van der Waals surface area contributed by atoms with Crippen molar-refractivity contribution in [3.63, 3.8) is 0 Å². The third-order valence-corrected chi connectivity index (χ3v) is 2.93. The lowest BCUT2D eigenvalue weighted by molar-refractivity contribution is 0.198. The molecule has 100 valence electrons. The lowest BCUT2D eigenvalue weighted by Crippen LogP contribution is -2.03. The van der Waals surface area contributed by atoms with Gasteiger partial charge in [-0.15, -0.1) is 0 Å². The zero-order valence-electron chi connectivity index (χ0n) is 10.8.